The van der Waals surface area contributed by atoms with Crippen LogP contribution in [0.3, 0.4) is 0 Å². The van der Waals surface area contributed by atoms with E-state index in [-0.39, 0.29) is 18.2 Å². The molecule has 2 aliphatic rings. The molecule has 0 spiro atoms. The highest BCUT2D eigenvalue weighted by molar-refractivity contribution is 6.04. The molecule has 4 rings (SSSR count). The number of methoxy groups -OCH3 is 1. The molecule has 1 N–H and O–H groups in total. The number of likely N-dealkylation sites (N-methyl/N-ethyl adjacent to an activating group) is 1. The maximum atomic E-state index is 12.9. The minimum Gasteiger partial charge on any atom is -0.495 e. The zero-order valence-corrected chi connectivity index (χ0v) is 19.1. The Labute approximate surface area is 189 Å². The van der Waals surface area contributed by atoms with Gasteiger partial charge in [0.2, 0.25) is 11.8 Å². The molecule has 32 heavy (non-hydrogen) atoms. The van der Waals surface area contributed by atoms with Crippen LogP contribution in [-0.2, 0) is 16.1 Å². The van der Waals surface area contributed by atoms with Crippen LogP contribution in [0.1, 0.15) is 17.5 Å². The minimum absolute atomic E-state index is 0.0587. The van der Waals surface area contributed by atoms with E-state index in [4.69, 9.17) is 4.74 Å². The lowest BCUT2D eigenvalue weighted by molar-refractivity contribution is -0.122. The zero-order chi connectivity index (χ0) is 22.7. The topological polar surface area (TPSA) is 65.1 Å². The van der Waals surface area contributed by atoms with E-state index < -0.39 is 5.92 Å². The molecule has 7 heteroatoms. The summed E-state index contributed by atoms with van der Waals surface area (Å²) in [6, 6.07) is 13.8. The first kappa shape index (κ1) is 22.3. The fourth-order valence-electron chi connectivity index (χ4n) is 4.33. The summed E-state index contributed by atoms with van der Waals surface area (Å²) >= 11 is 0. The van der Waals surface area contributed by atoms with Gasteiger partial charge in [0, 0.05) is 51.4 Å². The summed E-state index contributed by atoms with van der Waals surface area (Å²) in [6.07, 6.45) is 0.199. The van der Waals surface area contributed by atoms with Crippen LogP contribution in [0.15, 0.2) is 42.5 Å². The molecule has 1 atom stereocenters. The van der Waals surface area contributed by atoms with Crippen molar-refractivity contribution in [1.82, 2.24) is 9.80 Å². The first-order chi connectivity index (χ1) is 15.4. The smallest absolute Gasteiger partial charge is 0.229 e. The van der Waals surface area contributed by atoms with Crippen LogP contribution in [0.2, 0.25) is 0 Å². The van der Waals surface area contributed by atoms with Crippen LogP contribution in [0.25, 0.3) is 0 Å². The molecule has 2 heterocycles. The quantitative estimate of drug-likeness (QED) is 0.754. The molecule has 2 amide bonds. The highest BCUT2D eigenvalue weighted by Gasteiger charge is 2.36. The largest absolute Gasteiger partial charge is 0.495 e. The number of ether oxygens (including phenoxy) is 1. The third-order valence-electron chi connectivity index (χ3n) is 6.34. The Kier molecular flexibility index (Phi) is 6.77. The van der Waals surface area contributed by atoms with E-state index in [9.17, 15) is 9.59 Å². The van der Waals surface area contributed by atoms with Gasteiger partial charge in [0.05, 0.1) is 18.7 Å². The Bertz CT molecular complexity index is 968. The third-order valence-corrected chi connectivity index (χ3v) is 6.34. The molecule has 2 aliphatic heterocycles. The molecule has 1 unspecified atom stereocenters. The van der Waals surface area contributed by atoms with Crippen molar-refractivity contribution < 1.29 is 14.3 Å². The van der Waals surface area contributed by atoms with E-state index in [1.54, 1.807) is 12.0 Å². The molecule has 2 aromatic rings. The van der Waals surface area contributed by atoms with E-state index in [1.807, 2.05) is 37.3 Å². The van der Waals surface area contributed by atoms with E-state index in [2.05, 4.69) is 34.3 Å². The molecule has 7 nitrogen and oxygen atoms in total. The molecule has 0 bridgehead atoms. The summed E-state index contributed by atoms with van der Waals surface area (Å²) in [5.74, 6) is 0.0644. The van der Waals surface area contributed by atoms with Gasteiger partial charge in [0.25, 0.3) is 0 Å². The summed E-state index contributed by atoms with van der Waals surface area (Å²) in [7, 11) is 3.75. The van der Waals surface area contributed by atoms with Crippen molar-refractivity contribution in [2.45, 2.75) is 19.9 Å². The van der Waals surface area contributed by atoms with Gasteiger partial charge in [-0.25, -0.2) is 0 Å². The van der Waals surface area contributed by atoms with E-state index >= 15 is 0 Å². The number of amides is 2. The van der Waals surface area contributed by atoms with Gasteiger partial charge in [-0.05, 0) is 49.4 Å². The lowest BCUT2D eigenvalue weighted by Crippen LogP contribution is -2.43. The molecule has 0 radical (unpaired) electrons. The van der Waals surface area contributed by atoms with Gasteiger partial charge >= 0.3 is 0 Å². The van der Waals surface area contributed by atoms with Gasteiger partial charge < -0.3 is 19.9 Å². The second-order valence-electron chi connectivity index (χ2n) is 8.85. The number of hydrogen-bond acceptors (Lipinski definition) is 5. The van der Waals surface area contributed by atoms with Crippen LogP contribution in [0, 0.1) is 12.8 Å². The van der Waals surface area contributed by atoms with Gasteiger partial charge in [0.15, 0.2) is 0 Å². The van der Waals surface area contributed by atoms with E-state index in [0.29, 0.717) is 12.3 Å². The number of rotatable bonds is 6. The van der Waals surface area contributed by atoms with Gasteiger partial charge in [-0.3, -0.25) is 14.5 Å². The van der Waals surface area contributed by atoms with E-state index in [0.717, 1.165) is 49.7 Å². The van der Waals surface area contributed by atoms with Crippen molar-refractivity contribution in [3.05, 3.63) is 53.6 Å². The van der Waals surface area contributed by atoms with Crippen LogP contribution >= 0.6 is 0 Å². The molecule has 2 aromatic carbocycles. The van der Waals surface area contributed by atoms with Crippen LogP contribution in [0.4, 0.5) is 11.4 Å². The predicted molar refractivity (Wildman–Crippen MR) is 126 cm³/mol. The van der Waals surface area contributed by atoms with E-state index in [1.165, 1.54) is 5.56 Å². The summed E-state index contributed by atoms with van der Waals surface area (Å²) in [5.41, 5.74) is 3.76. The Morgan fingerprint density at radius 3 is 2.50 bits per heavy atom. The second-order valence-corrected chi connectivity index (χ2v) is 8.85. The Morgan fingerprint density at radius 2 is 1.81 bits per heavy atom. The van der Waals surface area contributed by atoms with Crippen LogP contribution in [0.5, 0.6) is 5.75 Å². The standard InChI is InChI=1S/C25H32N4O3/c1-18-4-9-23(32-3)22(14-18)29-17-20(15-24(29)30)25(31)26-21-7-5-19(6-8-21)16-28-12-10-27(2)11-13-28/h4-9,14,20H,10-13,15-17H2,1-3H3,(H,26,31). The average molecular weight is 437 g/mol. The minimum atomic E-state index is -0.391. The van der Waals surface area contributed by atoms with Gasteiger partial charge in [0.1, 0.15) is 5.75 Å². The number of piperazine rings is 1. The van der Waals surface area contributed by atoms with Crippen molar-refractivity contribution in [2.75, 3.05) is 57.1 Å². The summed E-state index contributed by atoms with van der Waals surface area (Å²) in [5, 5.41) is 2.98. The number of nitrogens with one attached hydrogen (secondary N) is 1. The highest BCUT2D eigenvalue weighted by Crippen LogP contribution is 2.34. The van der Waals surface area contributed by atoms with Crippen LogP contribution < -0.4 is 15.0 Å². The normalized spacial score (nSPS) is 19.9. The van der Waals surface area contributed by atoms with Crippen molar-refractivity contribution >= 4 is 23.2 Å². The fourth-order valence-corrected chi connectivity index (χ4v) is 4.33. The maximum Gasteiger partial charge on any atom is 0.229 e. The molecule has 0 aromatic heterocycles. The first-order valence-electron chi connectivity index (χ1n) is 11.2. The molecule has 170 valence electrons. The maximum absolute atomic E-state index is 12.9. The fraction of sp³-hybridized carbons (Fsp3) is 0.440. The third kappa shape index (κ3) is 5.11. The summed E-state index contributed by atoms with van der Waals surface area (Å²) < 4.78 is 5.42. The number of carbonyl (C=O) groups is 2. The number of anilines is 2. The number of hydrogen-bond donors (Lipinski definition) is 1. The molecule has 2 saturated heterocycles. The Balaban J connectivity index is 1.35. The first-order valence-corrected chi connectivity index (χ1v) is 11.2. The van der Waals surface area contributed by atoms with Gasteiger partial charge in [-0.15, -0.1) is 0 Å². The van der Waals surface area contributed by atoms with Crippen molar-refractivity contribution in [2.24, 2.45) is 5.92 Å². The molecule has 0 saturated carbocycles. The Morgan fingerprint density at radius 1 is 1.09 bits per heavy atom. The summed E-state index contributed by atoms with van der Waals surface area (Å²) in [6.45, 7) is 7.60. The molecule has 0 aliphatic carbocycles. The number of aryl methyl sites for hydroxylation is 1. The van der Waals surface area contributed by atoms with Crippen molar-refractivity contribution in [1.29, 1.82) is 0 Å². The number of carbonyl (C=O) groups excluding carboxylic acids is 2. The highest BCUT2D eigenvalue weighted by atomic mass is 16.5. The summed E-state index contributed by atoms with van der Waals surface area (Å²) in [4.78, 5) is 32.0. The lowest BCUT2D eigenvalue weighted by Gasteiger charge is -2.32. The van der Waals surface area contributed by atoms with Gasteiger partial charge in [-0.2, -0.15) is 0 Å². The Hall–Kier alpha value is -2.90. The second kappa shape index (κ2) is 9.71. The predicted octanol–water partition coefficient (Wildman–Crippen LogP) is 2.74. The molecular weight excluding hydrogens is 404 g/mol. The number of benzene rings is 2. The lowest BCUT2D eigenvalue weighted by atomic mass is 10.1. The molecule has 2 fully saturated rings. The monoisotopic (exact) mass is 436 g/mol. The van der Waals surface area contributed by atoms with Crippen molar-refractivity contribution in [3.8, 4) is 5.75 Å². The zero-order valence-electron chi connectivity index (χ0n) is 19.1. The molecular formula is C25H32N4O3. The number of nitrogens with zero attached hydrogens (tertiary/aromatic N) is 3. The van der Waals surface area contributed by atoms with Gasteiger partial charge in [-0.1, -0.05) is 18.2 Å². The SMILES string of the molecule is COc1ccc(C)cc1N1CC(C(=O)Nc2ccc(CN3CCN(C)CC3)cc2)CC1=O. The average Bonchev–Trinajstić information content (AvgIpc) is 3.18. The van der Waals surface area contributed by atoms with Crippen molar-refractivity contribution in [3.63, 3.8) is 0 Å². The van der Waals surface area contributed by atoms with Crippen LogP contribution in [-0.4, -0.2) is 68.5 Å².